The number of esters is 2. The maximum Gasteiger partial charge on any atom is 0.694 e. The van der Waals surface area contributed by atoms with Crippen molar-refractivity contribution in [3.63, 3.8) is 0 Å². The van der Waals surface area contributed by atoms with Crippen LogP contribution in [0, 0.1) is 31.6 Å². The quantitative estimate of drug-likeness (QED) is 0.514. The maximum atomic E-state index is 13.0. The summed E-state index contributed by atoms with van der Waals surface area (Å²) in [6, 6.07) is 3.38. The topological polar surface area (TPSA) is 79.1 Å². The maximum absolute atomic E-state index is 13.0. The molecule has 185 valence electrons. The summed E-state index contributed by atoms with van der Waals surface area (Å²) in [7, 11) is 2.03. The molecule has 4 atom stereocenters. The van der Waals surface area contributed by atoms with Crippen molar-refractivity contribution in [2.75, 3.05) is 13.2 Å². The van der Waals surface area contributed by atoms with Crippen LogP contribution in [0.2, 0.25) is 0 Å². The van der Waals surface area contributed by atoms with Crippen LogP contribution in [0.25, 0.3) is 5.57 Å². The molecule has 3 heterocycles. The van der Waals surface area contributed by atoms with Crippen molar-refractivity contribution in [3.05, 3.63) is 45.8 Å². The van der Waals surface area contributed by atoms with E-state index in [4.69, 9.17) is 9.47 Å². The molecule has 0 saturated heterocycles. The lowest BCUT2D eigenvalue weighted by Crippen LogP contribution is -2.45. The predicted octanol–water partition coefficient (Wildman–Crippen LogP) is 3.73. The SMILES string of the molecule is CCOC(=O)C1C(C)=[N+]2[B]N3C(=C(C)C(C(=O)OCC)C3C)C(c3c(C)cc(O)cc3C)=C2C1C. The third-order valence-electron chi connectivity index (χ3n) is 7.62. The number of rotatable bonds is 5. The Morgan fingerprint density at radius 2 is 1.54 bits per heavy atom. The number of carbonyl (C=O) groups excluding carboxylic acids is 2. The average Bonchev–Trinajstić information content (AvgIpc) is 3.17. The summed E-state index contributed by atoms with van der Waals surface area (Å²) in [5, 5.41) is 10.2. The number of hydrogen-bond donors (Lipinski definition) is 1. The first-order valence-corrected chi connectivity index (χ1v) is 12.4. The molecule has 4 rings (SSSR count). The van der Waals surface area contributed by atoms with Crippen molar-refractivity contribution >= 4 is 30.8 Å². The third-order valence-corrected chi connectivity index (χ3v) is 7.62. The van der Waals surface area contributed by atoms with E-state index in [1.54, 1.807) is 12.1 Å². The Morgan fingerprint density at radius 3 is 2.09 bits per heavy atom. The molecule has 0 spiro atoms. The zero-order valence-electron chi connectivity index (χ0n) is 21.9. The van der Waals surface area contributed by atoms with Gasteiger partial charge in [-0.3, -0.25) is 14.1 Å². The van der Waals surface area contributed by atoms with Crippen molar-refractivity contribution in [2.45, 2.75) is 61.4 Å². The highest BCUT2D eigenvalue weighted by atomic mass is 16.5. The fourth-order valence-electron chi connectivity index (χ4n) is 6.19. The van der Waals surface area contributed by atoms with Gasteiger partial charge < -0.3 is 19.4 Å². The molecule has 7 nitrogen and oxygen atoms in total. The number of aryl methyl sites for hydroxylation is 2. The second-order valence-corrected chi connectivity index (χ2v) is 9.77. The highest BCUT2D eigenvalue weighted by Gasteiger charge is 2.57. The molecule has 0 fully saturated rings. The molecule has 1 aromatic carbocycles. The van der Waals surface area contributed by atoms with Crippen LogP contribution in [0.15, 0.2) is 29.1 Å². The number of nitrogens with zero attached hydrogens (tertiary/aromatic N) is 2. The van der Waals surface area contributed by atoms with E-state index in [1.807, 2.05) is 56.0 Å². The van der Waals surface area contributed by atoms with Crippen LogP contribution in [0.5, 0.6) is 5.75 Å². The third kappa shape index (κ3) is 3.78. The minimum atomic E-state index is -0.397. The first kappa shape index (κ1) is 25.1. The standard InChI is InChI=1S/C27H35BN2O5/c1-9-34-26(32)21-15(5)24-23(20-13(3)11-19(31)12-14(20)4)25-16(6)22(27(33)35-10-2)18(8)30(25)28-29(24)17(21)7/h11-12,15,18,21-22,31H,9-10H2,1-8H3/q+1. The molecule has 1 radical (unpaired) electrons. The van der Waals surface area contributed by atoms with E-state index in [2.05, 4.69) is 16.2 Å². The molecule has 0 amide bonds. The van der Waals surface area contributed by atoms with Gasteiger partial charge in [-0.2, -0.15) is 0 Å². The lowest BCUT2D eigenvalue weighted by Gasteiger charge is -2.32. The van der Waals surface area contributed by atoms with Crippen molar-refractivity contribution in [3.8, 4) is 5.75 Å². The summed E-state index contributed by atoms with van der Waals surface area (Å²) in [5.41, 5.74) is 7.72. The van der Waals surface area contributed by atoms with E-state index in [1.165, 1.54) is 0 Å². The Kier molecular flexibility index (Phi) is 6.60. The van der Waals surface area contributed by atoms with Gasteiger partial charge in [0.25, 0.3) is 0 Å². The van der Waals surface area contributed by atoms with Crippen molar-refractivity contribution in [1.29, 1.82) is 0 Å². The van der Waals surface area contributed by atoms with Crippen LogP contribution >= 0.6 is 0 Å². The van der Waals surface area contributed by atoms with E-state index >= 15 is 0 Å². The van der Waals surface area contributed by atoms with E-state index in [-0.39, 0.29) is 29.6 Å². The van der Waals surface area contributed by atoms with Gasteiger partial charge in [-0.15, -0.1) is 0 Å². The Bertz CT molecular complexity index is 1170. The average molecular weight is 478 g/mol. The Hall–Kier alpha value is -3.03. The molecule has 0 bridgehead atoms. The lowest BCUT2D eigenvalue weighted by molar-refractivity contribution is -0.331. The highest BCUT2D eigenvalue weighted by molar-refractivity contribution is 6.29. The molecule has 35 heavy (non-hydrogen) atoms. The summed E-state index contributed by atoms with van der Waals surface area (Å²) in [4.78, 5) is 28.1. The number of allylic oxidation sites excluding steroid dienone is 2. The van der Waals surface area contributed by atoms with E-state index in [0.29, 0.717) is 13.2 Å². The number of phenolic OH excluding ortho intramolecular Hbond substituents is 1. The van der Waals surface area contributed by atoms with Crippen molar-refractivity contribution in [1.82, 2.24) is 4.81 Å². The van der Waals surface area contributed by atoms with Gasteiger partial charge in [-0.05, 0) is 75.9 Å². The molecular formula is C27H35BN2O5+. The summed E-state index contributed by atoms with van der Waals surface area (Å²) in [6.45, 7) is 16.3. The fraction of sp³-hybridized carbons (Fsp3) is 0.519. The molecule has 3 aliphatic heterocycles. The number of aromatic hydroxyl groups is 1. The molecule has 0 aromatic heterocycles. The second-order valence-electron chi connectivity index (χ2n) is 9.77. The van der Waals surface area contributed by atoms with E-state index in [9.17, 15) is 14.7 Å². The molecule has 4 unspecified atom stereocenters. The monoisotopic (exact) mass is 478 g/mol. The summed E-state index contributed by atoms with van der Waals surface area (Å²) in [6.07, 6.45) is 0. The van der Waals surface area contributed by atoms with Crippen molar-refractivity contribution in [2.24, 2.45) is 17.8 Å². The zero-order chi connectivity index (χ0) is 25.8. The van der Waals surface area contributed by atoms with E-state index in [0.717, 1.165) is 44.9 Å². The first-order valence-electron chi connectivity index (χ1n) is 12.4. The number of hydrogen-bond acceptors (Lipinski definition) is 6. The van der Waals surface area contributed by atoms with Crippen molar-refractivity contribution < 1.29 is 28.7 Å². The lowest BCUT2D eigenvalue weighted by atomic mass is 9.81. The van der Waals surface area contributed by atoms with Crippen LogP contribution in [0.3, 0.4) is 0 Å². The van der Waals surface area contributed by atoms with Crippen LogP contribution < -0.4 is 0 Å². The number of carbonyl (C=O) groups is 2. The van der Waals surface area contributed by atoms with Crippen LogP contribution in [0.1, 0.15) is 58.2 Å². The Morgan fingerprint density at radius 1 is 1.00 bits per heavy atom. The summed E-state index contributed by atoms with van der Waals surface area (Å²) >= 11 is 0. The Balaban J connectivity index is 2.03. The van der Waals surface area contributed by atoms with Gasteiger partial charge in [-0.1, -0.05) is 6.92 Å². The van der Waals surface area contributed by atoms with E-state index < -0.39 is 11.8 Å². The molecular weight excluding hydrogens is 443 g/mol. The predicted molar refractivity (Wildman–Crippen MR) is 135 cm³/mol. The number of ether oxygens (including phenoxy) is 2. The summed E-state index contributed by atoms with van der Waals surface area (Å²) < 4.78 is 13.0. The number of benzene rings is 1. The van der Waals surface area contributed by atoms with Crippen LogP contribution in [0.4, 0.5) is 0 Å². The zero-order valence-corrected chi connectivity index (χ0v) is 21.9. The van der Waals surface area contributed by atoms with Gasteiger partial charge in [-0.25, -0.2) is 0 Å². The fourth-order valence-corrected chi connectivity index (χ4v) is 6.19. The smallest absolute Gasteiger partial charge is 0.508 e. The molecule has 0 saturated carbocycles. The molecule has 3 aliphatic rings. The number of fused-ring (bicyclic) bond motifs is 2. The minimum absolute atomic E-state index is 0.132. The van der Waals surface area contributed by atoms with Crippen LogP contribution in [-0.4, -0.2) is 58.9 Å². The minimum Gasteiger partial charge on any atom is -0.508 e. The Labute approximate surface area is 208 Å². The second kappa shape index (κ2) is 9.21. The van der Waals surface area contributed by atoms with Gasteiger partial charge >= 0.3 is 19.5 Å². The highest BCUT2D eigenvalue weighted by Crippen LogP contribution is 2.50. The summed E-state index contributed by atoms with van der Waals surface area (Å²) in [5.74, 6) is -1.17. The van der Waals surface area contributed by atoms with Gasteiger partial charge in [0.15, 0.2) is 5.70 Å². The molecule has 0 aliphatic carbocycles. The molecule has 8 heteroatoms. The van der Waals surface area contributed by atoms with Crippen LogP contribution in [-0.2, 0) is 19.1 Å². The van der Waals surface area contributed by atoms with Gasteiger partial charge in [0.1, 0.15) is 17.4 Å². The molecule has 1 N–H and O–H groups in total. The van der Waals surface area contributed by atoms with Gasteiger partial charge in [0.05, 0.1) is 30.6 Å². The van der Waals surface area contributed by atoms with Gasteiger partial charge in [0.2, 0.25) is 0 Å². The van der Waals surface area contributed by atoms with Gasteiger partial charge in [0, 0.05) is 18.7 Å². The largest absolute Gasteiger partial charge is 0.694 e. The first-order chi connectivity index (χ1) is 16.5. The molecule has 1 aromatic rings. The number of phenols is 1. The normalized spacial score (nSPS) is 25.5.